The summed E-state index contributed by atoms with van der Waals surface area (Å²) in [6.45, 7) is 2.61. The SMILES string of the molecule is CCOC(=O)Cc1ccc(CN)nc1. The zero-order valence-electron chi connectivity index (χ0n) is 8.19. The van der Waals surface area contributed by atoms with Crippen LogP contribution < -0.4 is 5.73 Å². The van der Waals surface area contributed by atoms with E-state index >= 15 is 0 Å². The van der Waals surface area contributed by atoms with Crippen LogP contribution in [0.1, 0.15) is 18.2 Å². The molecule has 0 spiro atoms. The fourth-order valence-corrected chi connectivity index (χ4v) is 1.06. The summed E-state index contributed by atoms with van der Waals surface area (Å²) in [5.74, 6) is -0.227. The molecule has 76 valence electrons. The molecular formula is C10H14N2O2. The molecule has 0 atom stereocenters. The Bertz CT molecular complexity index is 295. The van der Waals surface area contributed by atoms with E-state index < -0.39 is 0 Å². The molecule has 1 heterocycles. The molecule has 0 bridgehead atoms. The smallest absolute Gasteiger partial charge is 0.310 e. The molecule has 0 saturated heterocycles. The molecule has 0 amide bonds. The first-order valence-corrected chi connectivity index (χ1v) is 4.55. The number of esters is 1. The molecule has 0 saturated carbocycles. The molecule has 0 unspecified atom stereocenters. The maximum atomic E-state index is 11.1. The van der Waals surface area contributed by atoms with Crippen LogP contribution >= 0.6 is 0 Å². The van der Waals surface area contributed by atoms with E-state index in [0.29, 0.717) is 13.2 Å². The van der Waals surface area contributed by atoms with Crippen molar-refractivity contribution in [3.05, 3.63) is 29.6 Å². The summed E-state index contributed by atoms with van der Waals surface area (Å²) < 4.78 is 4.81. The fourth-order valence-electron chi connectivity index (χ4n) is 1.06. The Balaban J connectivity index is 2.55. The van der Waals surface area contributed by atoms with Crippen molar-refractivity contribution >= 4 is 5.97 Å². The highest BCUT2D eigenvalue weighted by Crippen LogP contribution is 2.01. The highest BCUT2D eigenvalue weighted by Gasteiger charge is 2.03. The predicted molar refractivity (Wildman–Crippen MR) is 52.5 cm³/mol. The van der Waals surface area contributed by atoms with Crippen molar-refractivity contribution in [2.45, 2.75) is 19.9 Å². The largest absolute Gasteiger partial charge is 0.466 e. The van der Waals surface area contributed by atoms with Gasteiger partial charge < -0.3 is 10.5 Å². The van der Waals surface area contributed by atoms with Gasteiger partial charge >= 0.3 is 5.97 Å². The maximum absolute atomic E-state index is 11.1. The molecule has 0 radical (unpaired) electrons. The molecule has 0 aromatic carbocycles. The number of hydrogen-bond acceptors (Lipinski definition) is 4. The van der Waals surface area contributed by atoms with Gasteiger partial charge in [0.15, 0.2) is 0 Å². The van der Waals surface area contributed by atoms with Gasteiger partial charge in [-0.3, -0.25) is 9.78 Å². The summed E-state index contributed by atoms with van der Waals surface area (Å²) in [4.78, 5) is 15.2. The van der Waals surface area contributed by atoms with Crippen LogP contribution in [0.2, 0.25) is 0 Å². The van der Waals surface area contributed by atoms with Gasteiger partial charge in [0, 0.05) is 12.7 Å². The lowest BCUT2D eigenvalue weighted by atomic mass is 10.2. The van der Waals surface area contributed by atoms with Gasteiger partial charge in [-0.2, -0.15) is 0 Å². The van der Waals surface area contributed by atoms with Gasteiger partial charge in [-0.15, -0.1) is 0 Å². The van der Waals surface area contributed by atoms with Gasteiger partial charge in [-0.05, 0) is 18.6 Å². The van der Waals surface area contributed by atoms with E-state index in [9.17, 15) is 4.79 Å². The Kier molecular flexibility index (Phi) is 4.07. The minimum Gasteiger partial charge on any atom is -0.466 e. The molecule has 0 aliphatic rings. The average molecular weight is 194 g/mol. The zero-order valence-corrected chi connectivity index (χ0v) is 8.19. The minimum absolute atomic E-state index is 0.227. The monoisotopic (exact) mass is 194 g/mol. The number of nitrogens with zero attached hydrogens (tertiary/aromatic N) is 1. The molecule has 2 N–H and O–H groups in total. The second-order valence-electron chi connectivity index (χ2n) is 2.84. The van der Waals surface area contributed by atoms with E-state index in [2.05, 4.69) is 4.98 Å². The van der Waals surface area contributed by atoms with Crippen molar-refractivity contribution in [2.24, 2.45) is 5.73 Å². The summed E-state index contributed by atoms with van der Waals surface area (Å²) in [7, 11) is 0. The Hall–Kier alpha value is -1.42. The molecule has 0 fully saturated rings. The summed E-state index contributed by atoms with van der Waals surface area (Å²) in [5, 5.41) is 0. The average Bonchev–Trinajstić information content (AvgIpc) is 2.19. The van der Waals surface area contributed by atoms with E-state index in [4.69, 9.17) is 10.5 Å². The van der Waals surface area contributed by atoms with Crippen LogP contribution in [-0.2, 0) is 22.5 Å². The Morgan fingerprint density at radius 3 is 2.86 bits per heavy atom. The number of carbonyl (C=O) groups excluding carboxylic acids is 1. The molecule has 0 aliphatic carbocycles. The van der Waals surface area contributed by atoms with Gasteiger partial charge in [0.1, 0.15) is 0 Å². The van der Waals surface area contributed by atoms with E-state index in [1.807, 2.05) is 12.1 Å². The highest BCUT2D eigenvalue weighted by atomic mass is 16.5. The van der Waals surface area contributed by atoms with Gasteiger partial charge in [0.2, 0.25) is 0 Å². The Morgan fingerprint density at radius 1 is 1.57 bits per heavy atom. The minimum atomic E-state index is -0.227. The third-order valence-corrected chi connectivity index (χ3v) is 1.75. The standard InChI is InChI=1S/C10H14N2O2/c1-2-14-10(13)5-8-3-4-9(6-11)12-7-8/h3-4,7H,2,5-6,11H2,1H3. The van der Waals surface area contributed by atoms with Crippen LogP contribution in [0.25, 0.3) is 0 Å². The van der Waals surface area contributed by atoms with Crippen molar-refractivity contribution in [2.75, 3.05) is 6.61 Å². The fraction of sp³-hybridized carbons (Fsp3) is 0.400. The number of aromatic nitrogens is 1. The highest BCUT2D eigenvalue weighted by molar-refractivity contribution is 5.72. The molecule has 4 heteroatoms. The summed E-state index contributed by atoms with van der Waals surface area (Å²) in [5.41, 5.74) is 7.06. The first-order chi connectivity index (χ1) is 6.76. The summed E-state index contributed by atoms with van der Waals surface area (Å²) >= 11 is 0. The first-order valence-electron chi connectivity index (χ1n) is 4.55. The van der Waals surface area contributed by atoms with E-state index in [-0.39, 0.29) is 12.4 Å². The molecule has 1 rings (SSSR count). The van der Waals surface area contributed by atoms with Crippen LogP contribution in [0, 0.1) is 0 Å². The lowest BCUT2D eigenvalue weighted by Crippen LogP contribution is -2.08. The lowest BCUT2D eigenvalue weighted by Gasteiger charge is -2.02. The lowest BCUT2D eigenvalue weighted by molar-refractivity contribution is -0.142. The number of ether oxygens (including phenoxy) is 1. The maximum Gasteiger partial charge on any atom is 0.310 e. The van der Waals surface area contributed by atoms with Crippen molar-refractivity contribution < 1.29 is 9.53 Å². The van der Waals surface area contributed by atoms with Crippen molar-refractivity contribution in [3.8, 4) is 0 Å². The molecule has 4 nitrogen and oxygen atoms in total. The molecular weight excluding hydrogens is 180 g/mol. The van der Waals surface area contributed by atoms with Crippen molar-refractivity contribution in [1.29, 1.82) is 0 Å². The Morgan fingerprint density at radius 2 is 2.36 bits per heavy atom. The number of nitrogens with two attached hydrogens (primary N) is 1. The molecule has 1 aromatic heterocycles. The third-order valence-electron chi connectivity index (χ3n) is 1.75. The van der Waals surface area contributed by atoms with Crippen LogP contribution in [0.15, 0.2) is 18.3 Å². The second kappa shape index (κ2) is 5.34. The second-order valence-corrected chi connectivity index (χ2v) is 2.84. The zero-order chi connectivity index (χ0) is 10.4. The number of rotatable bonds is 4. The molecule has 1 aromatic rings. The van der Waals surface area contributed by atoms with Crippen LogP contribution in [0.5, 0.6) is 0 Å². The van der Waals surface area contributed by atoms with E-state index in [1.54, 1.807) is 13.1 Å². The topological polar surface area (TPSA) is 65.2 Å². The van der Waals surface area contributed by atoms with E-state index in [0.717, 1.165) is 11.3 Å². The molecule has 0 aliphatic heterocycles. The Labute approximate surface area is 83.1 Å². The van der Waals surface area contributed by atoms with Crippen LogP contribution in [-0.4, -0.2) is 17.6 Å². The summed E-state index contributed by atoms with van der Waals surface area (Å²) in [6, 6.07) is 3.65. The van der Waals surface area contributed by atoms with Gasteiger partial charge in [-0.1, -0.05) is 6.07 Å². The number of pyridine rings is 1. The predicted octanol–water partition coefficient (Wildman–Crippen LogP) is 0.646. The number of hydrogen-bond donors (Lipinski definition) is 1. The van der Waals surface area contributed by atoms with Gasteiger partial charge in [0.05, 0.1) is 18.7 Å². The van der Waals surface area contributed by atoms with Crippen molar-refractivity contribution in [3.63, 3.8) is 0 Å². The normalized spacial score (nSPS) is 9.86. The third kappa shape index (κ3) is 3.14. The molecule has 14 heavy (non-hydrogen) atoms. The van der Waals surface area contributed by atoms with Gasteiger partial charge in [0.25, 0.3) is 0 Å². The van der Waals surface area contributed by atoms with E-state index in [1.165, 1.54) is 0 Å². The van der Waals surface area contributed by atoms with Crippen LogP contribution in [0.3, 0.4) is 0 Å². The van der Waals surface area contributed by atoms with Crippen LogP contribution in [0.4, 0.5) is 0 Å². The first kappa shape index (κ1) is 10.7. The quantitative estimate of drug-likeness (QED) is 0.714. The summed E-state index contributed by atoms with van der Waals surface area (Å²) in [6.07, 6.45) is 1.92. The van der Waals surface area contributed by atoms with Gasteiger partial charge in [-0.25, -0.2) is 0 Å². The number of carbonyl (C=O) groups is 1. The van der Waals surface area contributed by atoms with Crippen molar-refractivity contribution in [1.82, 2.24) is 4.98 Å².